The summed E-state index contributed by atoms with van der Waals surface area (Å²) in [4.78, 5) is 7.95. The van der Waals surface area contributed by atoms with Crippen LogP contribution in [0.3, 0.4) is 0 Å². The highest BCUT2D eigenvalue weighted by atomic mass is 16.5. The molecule has 1 saturated carbocycles. The van der Waals surface area contributed by atoms with Gasteiger partial charge in [0.05, 0.1) is 28.2 Å². The van der Waals surface area contributed by atoms with E-state index in [0.29, 0.717) is 5.75 Å². The summed E-state index contributed by atoms with van der Waals surface area (Å²) in [5.74, 6) is 2.27. The van der Waals surface area contributed by atoms with E-state index in [0.717, 1.165) is 90.1 Å². The number of benzene rings is 2. The van der Waals surface area contributed by atoms with Gasteiger partial charge in [-0.05, 0) is 95.3 Å². The first-order valence-electron chi connectivity index (χ1n) is 16.4. The van der Waals surface area contributed by atoms with Crippen LogP contribution in [0.2, 0.25) is 0 Å². The number of imidazole rings is 1. The topological polar surface area (TPSA) is 106 Å². The van der Waals surface area contributed by atoms with Gasteiger partial charge in [-0.3, -0.25) is 0 Å². The van der Waals surface area contributed by atoms with E-state index in [9.17, 15) is 10.2 Å². The van der Waals surface area contributed by atoms with Crippen LogP contribution in [-0.2, 0) is 22.2 Å². The van der Waals surface area contributed by atoms with Crippen LogP contribution in [0.15, 0.2) is 47.0 Å². The molecule has 0 amide bonds. The third-order valence-electron chi connectivity index (χ3n) is 12.0. The Morgan fingerprint density at radius 2 is 1.89 bits per heavy atom. The maximum absolute atomic E-state index is 12.4. The van der Waals surface area contributed by atoms with E-state index in [4.69, 9.17) is 19.0 Å². The normalized spacial score (nSPS) is 33.4. The van der Waals surface area contributed by atoms with E-state index in [1.54, 1.807) is 13.2 Å². The van der Waals surface area contributed by atoms with Gasteiger partial charge in [-0.2, -0.15) is 0 Å². The molecule has 2 aliphatic heterocycles. The predicted molar refractivity (Wildman–Crippen MR) is 168 cm³/mol. The van der Waals surface area contributed by atoms with Crippen molar-refractivity contribution in [3.63, 3.8) is 0 Å². The lowest BCUT2D eigenvalue weighted by Gasteiger charge is -2.60. The van der Waals surface area contributed by atoms with Crippen LogP contribution in [-0.4, -0.2) is 68.8 Å². The highest BCUT2D eigenvalue weighted by Gasteiger charge is 2.74. The zero-order valence-electron chi connectivity index (χ0n) is 26.3. The molecule has 2 bridgehead atoms. The fourth-order valence-electron chi connectivity index (χ4n) is 10.0. The number of hydrogen-bond donors (Lipinski definition) is 2. The summed E-state index contributed by atoms with van der Waals surface area (Å²) in [7, 11) is 4.01. The molecule has 4 aromatic rings. The second kappa shape index (κ2) is 9.44. The van der Waals surface area contributed by atoms with E-state index < -0.39 is 17.1 Å². The second-order valence-electron chi connectivity index (χ2n) is 14.0. The lowest BCUT2D eigenvalue weighted by molar-refractivity contribution is -0.134. The number of likely N-dealkylation sites (N-methyl/N-ethyl adjacent to an activating group) is 1. The number of aliphatic hydroxyl groups excluding tert-OH is 1. The lowest BCUT2D eigenvalue weighted by atomic mass is 9.48. The van der Waals surface area contributed by atoms with Gasteiger partial charge in [0.2, 0.25) is 5.60 Å². The second-order valence-corrected chi connectivity index (χ2v) is 14.0. The SMILES string of the molecule is CO[C@H]1CC[C@H](n2c([C@@]34Oc5c(O)ccc6c5[C@@]35CCN(C)[C@H](C6)[C@@H]5C=C[C@@H]4O)nc3cc(-c4c(C)noc4C)ccc32)CC1. The Balaban J connectivity index is 1.33. The van der Waals surface area contributed by atoms with Gasteiger partial charge in [0, 0.05) is 36.2 Å². The zero-order valence-corrected chi connectivity index (χ0v) is 26.3. The maximum atomic E-state index is 12.4. The van der Waals surface area contributed by atoms with Crippen molar-refractivity contribution in [2.45, 2.75) is 87.7 Å². The van der Waals surface area contributed by atoms with Gasteiger partial charge in [0.15, 0.2) is 17.3 Å². The molecule has 1 spiro atoms. The summed E-state index contributed by atoms with van der Waals surface area (Å²) >= 11 is 0. The number of aryl methyl sites for hydroxylation is 2. The summed E-state index contributed by atoms with van der Waals surface area (Å²) in [6, 6.07) is 10.7. The molecule has 45 heavy (non-hydrogen) atoms. The Kier molecular flexibility index (Phi) is 5.79. The number of hydrogen-bond acceptors (Lipinski definition) is 8. The molecular formula is C36H40N4O5. The van der Waals surface area contributed by atoms with Gasteiger partial charge < -0.3 is 33.7 Å². The number of phenols is 1. The van der Waals surface area contributed by atoms with Crippen molar-refractivity contribution in [1.82, 2.24) is 19.6 Å². The first-order valence-corrected chi connectivity index (χ1v) is 16.4. The predicted octanol–water partition coefficient (Wildman–Crippen LogP) is 5.48. The standard InChI is InChI=1S/C36H40N4O5/c1-19-31(20(2)45-38-19)21-5-12-27-26(17-21)37-34(40(27)23-7-9-24(43-4)10-8-23)36-30(42)14-11-25-28-18-22-6-13-29(41)33(44-36)32(22)35(25,36)15-16-39(28)3/h5-6,11-14,17,23-25,28,30,41-42H,7-10,15-16,18H2,1-4H3/t23-,24-,25-,28+,30-,35-,36+/m0/s1. The van der Waals surface area contributed by atoms with Crippen molar-refractivity contribution < 1.29 is 24.2 Å². The number of piperidine rings is 1. The van der Waals surface area contributed by atoms with Crippen LogP contribution < -0.4 is 4.74 Å². The molecule has 9 nitrogen and oxygen atoms in total. The Morgan fingerprint density at radius 3 is 2.64 bits per heavy atom. The number of phenolic OH excluding ortho intramolecular Hbond substituents is 1. The summed E-state index contributed by atoms with van der Waals surface area (Å²) in [6.45, 7) is 4.77. The summed E-state index contributed by atoms with van der Waals surface area (Å²) in [5, 5.41) is 27.9. The first-order chi connectivity index (χ1) is 21.8. The van der Waals surface area contributed by atoms with E-state index in [-0.39, 0.29) is 29.9 Å². The van der Waals surface area contributed by atoms with Crippen LogP contribution in [0, 0.1) is 19.8 Å². The third kappa shape index (κ3) is 3.39. The van der Waals surface area contributed by atoms with E-state index in [2.05, 4.69) is 52.0 Å². The molecule has 3 aliphatic carbocycles. The van der Waals surface area contributed by atoms with E-state index >= 15 is 0 Å². The van der Waals surface area contributed by atoms with Gasteiger partial charge in [-0.1, -0.05) is 29.4 Å². The highest BCUT2D eigenvalue weighted by Crippen LogP contribution is 2.69. The minimum Gasteiger partial charge on any atom is -0.504 e. The molecule has 2 N–H and O–H groups in total. The molecule has 0 radical (unpaired) electrons. The van der Waals surface area contributed by atoms with E-state index in [1.165, 1.54) is 5.56 Å². The van der Waals surface area contributed by atoms with Gasteiger partial charge in [0.25, 0.3) is 0 Å². The van der Waals surface area contributed by atoms with Crippen LogP contribution in [0.1, 0.15) is 66.6 Å². The molecule has 2 fully saturated rings. The molecule has 2 aromatic carbocycles. The smallest absolute Gasteiger partial charge is 0.206 e. The Bertz CT molecular complexity index is 1870. The molecular weight excluding hydrogens is 568 g/mol. The van der Waals surface area contributed by atoms with E-state index in [1.807, 2.05) is 19.9 Å². The first kappa shape index (κ1) is 27.6. The molecule has 0 unspecified atom stereocenters. The molecule has 5 atom stereocenters. The number of likely N-dealkylation sites (tertiary alicyclic amines) is 1. The number of aromatic hydroxyl groups is 1. The Hall–Kier alpha value is -3.66. The molecule has 2 aromatic heterocycles. The minimum atomic E-state index is -1.21. The van der Waals surface area contributed by atoms with Crippen molar-refractivity contribution in [2.75, 3.05) is 20.7 Å². The van der Waals surface area contributed by atoms with Crippen molar-refractivity contribution in [2.24, 2.45) is 5.92 Å². The van der Waals surface area contributed by atoms with Crippen LogP contribution in [0.4, 0.5) is 0 Å². The molecule has 234 valence electrons. The largest absolute Gasteiger partial charge is 0.504 e. The van der Waals surface area contributed by atoms with Gasteiger partial charge in [-0.25, -0.2) is 4.98 Å². The van der Waals surface area contributed by atoms with Gasteiger partial charge >= 0.3 is 0 Å². The van der Waals surface area contributed by atoms with Crippen molar-refractivity contribution in [3.05, 3.63) is 70.9 Å². The number of methoxy groups -OCH3 is 1. The molecule has 1 saturated heterocycles. The summed E-state index contributed by atoms with van der Waals surface area (Å²) in [5.41, 5.74) is 5.19. The molecule has 9 heteroatoms. The number of aromatic nitrogens is 3. The number of ether oxygens (including phenoxy) is 2. The highest BCUT2D eigenvalue weighted by molar-refractivity contribution is 5.84. The number of rotatable bonds is 4. The summed E-state index contributed by atoms with van der Waals surface area (Å²) in [6.07, 6.45) is 8.91. The quantitative estimate of drug-likeness (QED) is 0.294. The average molecular weight is 609 g/mol. The zero-order chi connectivity index (χ0) is 30.8. The fourth-order valence-corrected chi connectivity index (χ4v) is 10.0. The Labute approximate surface area is 262 Å². The van der Waals surface area contributed by atoms with Crippen molar-refractivity contribution in [1.29, 1.82) is 0 Å². The van der Waals surface area contributed by atoms with Crippen LogP contribution in [0.25, 0.3) is 22.2 Å². The lowest BCUT2D eigenvalue weighted by Crippen LogP contribution is -2.70. The third-order valence-corrected chi connectivity index (χ3v) is 12.0. The van der Waals surface area contributed by atoms with Crippen LogP contribution in [0.5, 0.6) is 11.5 Å². The monoisotopic (exact) mass is 608 g/mol. The van der Waals surface area contributed by atoms with Crippen molar-refractivity contribution >= 4 is 11.0 Å². The van der Waals surface area contributed by atoms with Gasteiger partial charge in [-0.15, -0.1) is 0 Å². The molecule has 5 aliphatic rings. The number of fused-ring (bicyclic) bond motifs is 1. The number of aliphatic hydroxyl groups is 1. The van der Waals surface area contributed by atoms with Gasteiger partial charge in [0.1, 0.15) is 11.9 Å². The number of nitrogens with zero attached hydrogens (tertiary/aromatic N) is 4. The minimum absolute atomic E-state index is 0.102. The molecule has 4 heterocycles. The average Bonchev–Trinajstić information content (AvgIpc) is 3.70. The fraction of sp³-hybridized carbons (Fsp3) is 0.500. The summed E-state index contributed by atoms with van der Waals surface area (Å²) < 4.78 is 20.8. The maximum Gasteiger partial charge on any atom is 0.206 e. The van der Waals surface area contributed by atoms with Crippen LogP contribution >= 0.6 is 0 Å². The van der Waals surface area contributed by atoms with Crippen molar-refractivity contribution in [3.8, 4) is 22.6 Å². The Morgan fingerprint density at radius 1 is 1.07 bits per heavy atom. The molecule has 9 rings (SSSR count).